The molecule has 0 radical (unpaired) electrons. The van der Waals surface area contributed by atoms with Crippen molar-refractivity contribution in [3.05, 3.63) is 42.2 Å². The molecule has 2 rings (SSSR count). The average molecular weight is 260 g/mol. The van der Waals surface area contributed by atoms with Gasteiger partial charge in [0.2, 0.25) is 0 Å². The zero-order chi connectivity index (χ0) is 13.7. The highest BCUT2D eigenvalue weighted by atomic mass is 15.1. The molecule has 2 aromatic heterocycles. The molecule has 1 atom stereocenters. The van der Waals surface area contributed by atoms with Gasteiger partial charge in [-0.05, 0) is 32.0 Å². The lowest BCUT2D eigenvalue weighted by atomic mass is 10.1. The largest absolute Gasteiger partial charge is 0.346 e. The fourth-order valence-electron chi connectivity index (χ4n) is 2.47. The van der Waals surface area contributed by atoms with Gasteiger partial charge in [0.1, 0.15) is 5.82 Å². The Bertz CT molecular complexity index is 498. The van der Waals surface area contributed by atoms with Gasteiger partial charge < -0.3 is 14.5 Å². The van der Waals surface area contributed by atoms with E-state index in [1.165, 1.54) is 18.4 Å². The van der Waals surface area contributed by atoms with E-state index in [4.69, 9.17) is 0 Å². The molecular weight excluding hydrogens is 236 g/mol. The van der Waals surface area contributed by atoms with E-state index in [0.717, 1.165) is 18.9 Å². The third kappa shape index (κ3) is 3.26. The van der Waals surface area contributed by atoms with Gasteiger partial charge in [-0.2, -0.15) is 0 Å². The summed E-state index contributed by atoms with van der Waals surface area (Å²) in [6, 6.07) is 2.66. The van der Waals surface area contributed by atoms with Crippen LogP contribution in [0.15, 0.2) is 30.9 Å². The van der Waals surface area contributed by atoms with E-state index in [-0.39, 0.29) is 0 Å². The zero-order valence-electron chi connectivity index (χ0n) is 12.1. The number of hydrogen-bond donors (Lipinski definition) is 1. The maximum Gasteiger partial charge on any atom is 0.128 e. The van der Waals surface area contributed by atoms with Crippen LogP contribution in [0.3, 0.4) is 0 Å². The Morgan fingerprint density at radius 2 is 2.16 bits per heavy atom. The predicted octanol–water partition coefficient (Wildman–Crippen LogP) is 2.81. The Kier molecular flexibility index (Phi) is 4.80. The molecule has 0 aliphatic heterocycles. The quantitative estimate of drug-likeness (QED) is 0.830. The maximum absolute atomic E-state index is 4.42. The van der Waals surface area contributed by atoms with Crippen molar-refractivity contribution >= 4 is 0 Å². The molecule has 104 valence electrons. The molecule has 0 aliphatic carbocycles. The molecule has 4 nitrogen and oxygen atoms in total. The highest BCUT2D eigenvalue weighted by Gasteiger charge is 2.10. The molecule has 0 fully saturated rings. The van der Waals surface area contributed by atoms with Gasteiger partial charge in [-0.1, -0.05) is 13.3 Å². The van der Waals surface area contributed by atoms with Gasteiger partial charge in [0.15, 0.2) is 0 Å². The minimum absolute atomic E-state index is 0.456. The van der Waals surface area contributed by atoms with E-state index in [1.807, 2.05) is 19.4 Å². The Morgan fingerprint density at radius 3 is 2.84 bits per heavy atom. The first-order chi connectivity index (χ1) is 9.28. The highest BCUT2D eigenvalue weighted by molar-refractivity contribution is 5.16. The SMILES string of the molecule is CCCC(NC)c1ccn(Cc2nccn2CC)c1. The molecule has 0 aromatic carbocycles. The zero-order valence-corrected chi connectivity index (χ0v) is 12.1. The molecule has 0 saturated heterocycles. The van der Waals surface area contributed by atoms with Crippen molar-refractivity contribution in [3.63, 3.8) is 0 Å². The first-order valence-corrected chi connectivity index (χ1v) is 7.11. The monoisotopic (exact) mass is 260 g/mol. The molecular formula is C15H24N4. The molecule has 0 bridgehead atoms. The van der Waals surface area contributed by atoms with Crippen LogP contribution in [0, 0.1) is 0 Å². The first kappa shape index (κ1) is 13.9. The molecule has 0 amide bonds. The average Bonchev–Trinajstić information content (AvgIpc) is 3.05. The van der Waals surface area contributed by atoms with Gasteiger partial charge >= 0.3 is 0 Å². The minimum Gasteiger partial charge on any atom is -0.346 e. The normalized spacial score (nSPS) is 12.8. The van der Waals surface area contributed by atoms with Gasteiger partial charge in [-0.25, -0.2) is 4.98 Å². The van der Waals surface area contributed by atoms with Crippen LogP contribution in [0.1, 0.15) is 44.1 Å². The van der Waals surface area contributed by atoms with Crippen LogP contribution in [-0.4, -0.2) is 21.2 Å². The second-order valence-electron chi connectivity index (χ2n) is 4.88. The number of hydrogen-bond acceptors (Lipinski definition) is 2. The van der Waals surface area contributed by atoms with Crippen molar-refractivity contribution in [2.24, 2.45) is 0 Å². The fourth-order valence-corrected chi connectivity index (χ4v) is 2.47. The number of nitrogens with zero attached hydrogens (tertiary/aromatic N) is 3. The molecule has 0 saturated carbocycles. The minimum atomic E-state index is 0.456. The lowest BCUT2D eigenvalue weighted by Gasteiger charge is -2.13. The third-order valence-electron chi connectivity index (χ3n) is 3.57. The summed E-state index contributed by atoms with van der Waals surface area (Å²) < 4.78 is 4.39. The lowest BCUT2D eigenvalue weighted by Crippen LogP contribution is -2.15. The van der Waals surface area contributed by atoms with Gasteiger partial charge in [0.05, 0.1) is 6.54 Å². The van der Waals surface area contributed by atoms with Crippen molar-refractivity contribution in [2.45, 2.75) is 45.8 Å². The van der Waals surface area contributed by atoms with E-state index < -0.39 is 0 Å². The van der Waals surface area contributed by atoms with Gasteiger partial charge in [0.25, 0.3) is 0 Å². The molecule has 1 unspecified atom stereocenters. The summed E-state index contributed by atoms with van der Waals surface area (Å²) in [7, 11) is 2.03. The van der Waals surface area contributed by atoms with Crippen LogP contribution >= 0.6 is 0 Å². The van der Waals surface area contributed by atoms with Gasteiger partial charge in [-0.15, -0.1) is 0 Å². The van der Waals surface area contributed by atoms with Crippen molar-refractivity contribution in [1.29, 1.82) is 0 Å². The highest BCUT2D eigenvalue weighted by Crippen LogP contribution is 2.18. The number of aromatic nitrogens is 3. The summed E-state index contributed by atoms with van der Waals surface area (Å²) in [6.07, 6.45) is 10.6. The summed E-state index contributed by atoms with van der Waals surface area (Å²) in [5, 5.41) is 3.38. The third-order valence-corrected chi connectivity index (χ3v) is 3.57. The number of nitrogens with one attached hydrogen (secondary N) is 1. The molecule has 2 heterocycles. The van der Waals surface area contributed by atoms with Crippen LogP contribution in [0.4, 0.5) is 0 Å². The van der Waals surface area contributed by atoms with Gasteiger partial charge in [-0.3, -0.25) is 0 Å². The number of imidazole rings is 1. The maximum atomic E-state index is 4.42. The summed E-state index contributed by atoms with van der Waals surface area (Å²) in [4.78, 5) is 4.42. The molecule has 2 aromatic rings. The van der Waals surface area contributed by atoms with Crippen molar-refractivity contribution in [1.82, 2.24) is 19.4 Å². The van der Waals surface area contributed by atoms with E-state index in [2.05, 4.69) is 51.7 Å². The van der Waals surface area contributed by atoms with Crippen LogP contribution in [0.5, 0.6) is 0 Å². The van der Waals surface area contributed by atoms with Crippen LogP contribution < -0.4 is 5.32 Å². The lowest BCUT2D eigenvalue weighted by molar-refractivity contribution is 0.540. The van der Waals surface area contributed by atoms with Crippen LogP contribution in [-0.2, 0) is 13.1 Å². The number of rotatable bonds is 7. The summed E-state index contributed by atoms with van der Waals surface area (Å²) >= 11 is 0. The van der Waals surface area contributed by atoms with Crippen molar-refractivity contribution < 1.29 is 0 Å². The van der Waals surface area contributed by atoms with E-state index in [0.29, 0.717) is 6.04 Å². The van der Waals surface area contributed by atoms with Gasteiger partial charge in [0, 0.05) is 37.4 Å². The smallest absolute Gasteiger partial charge is 0.128 e. The van der Waals surface area contributed by atoms with E-state index >= 15 is 0 Å². The molecule has 4 heteroatoms. The standard InChI is InChI=1S/C15H24N4/c1-4-6-14(16-3)13-7-9-18(11-13)12-15-17-8-10-19(15)5-2/h7-11,14,16H,4-6,12H2,1-3H3. The second kappa shape index (κ2) is 6.57. The van der Waals surface area contributed by atoms with Crippen molar-refractivity contribution in [2.75, 3.05) is 7.05 Å². The molecule has 19 heavy (non-hydrogen) atoms. The first-order valence-electron chi connectivity index (χ1n) is 7.11. The molecule has 0 aliphatic rings. The predicted molar refractivity (Wildman–Crippen MR) is 78.1 cm³/mol. The van der Waals surface area contributed by atoms with Crippen LogP contribution in [0.25, 0.3) is 0 Å². The molecule has 1 N–H and O–H groups in total. The van der Waals surface area contributed by atoms with E-state index in [1.54, 1.807) is 0 Å². The number of aryl methyl sites for hydroxylation is 1. The fraction of sp³-hybridized carbons (Fsp3) is 0.533. The Hall–Kier alpha value is -1.55. The summed E-state index contributed by atoms with van der Waals surface area (Å²) in [5.41, 5.74) is 1.36. The second-order valence-corrected chi connectivity index (χ2v) is 4.88. The van der Waals surface area contributed by atoms with E-state index in [9.17, 15) is 0 Å². The molecule has 0 spiro atoms. The van der Waals surface area contributed by atoms with Crippen molar-refractivity contribution in [3.8, 4) is 0 Å². The Labute approximate surface area is 115 Å². The Morgan fingerprint density at radius 1 is 1.32 bits per heavy atom. The Balaban J connectivity index is 2.08. The summed E-state index contributed by atoms with van der Waals surface area (Å²) in [5.74, 6) is 1.11. The van der Waals surface area contributed by atoms with Crippen LogP contribution in [0.2, 0.25) is 0 Å². The topological polar surface area (TPSA) is 34.8 Å². The summed E-state index contributed by atoms with van der Waals surface area (Å²) in [6.45, 7) is 6.17.